The fourth-order valence-electron chi connectivity index (χ4n) is 3.02. The van der Waals surface area contributed by atoms with Crippen LogP contribution in [0.2, 0.25) is 0 Å². The Hall–Kier alpha value is -3.30. The zero-order valence-corrected chi connectivity index (χ0v) is 17.1. The maximum absolute atomic E-state index is 12.7. The van der Waals surface area contributed by atoms with Crippen LogP contribution >= 0.6 is 23.6 Å². The molecule has 0 aliphatic heterocycles. The number of hydrogen-bond acceptors (Lipinski definition) is 6. The van der Waals surface area contributed by atoms with E-state index in [0.717, 1.165) is 15.6 Å². The van der Waals surface area contributed by atoms with Gasteiger partial charge in [0, 0.05) is 6.54 Å². The highest BCUT2D eigenvalue weighted by atomic mass is 32.1. The summed E-state index contributed by atoms with van der Waals surface area (Å²) in [6.45, 7) is 6.09. The second-order valence-corrected chi connectivity index (χ2v) is 7.74. The molecule has 4 rings (SSSR count). The van der Waals surface area contributed by atoms with Crippen LogP contribution in [-0.2, 0) is 6.54 Å². The van der Waals surface area contributed by atoms with Gasteiger partial charge < -0.3 is 5.11 Å². The molecule has 7 nitrogen and oxygen atoms in total. The zero-order valence-electron chi connectivity index (χ0n) is 15.5. The average molecular weight is 424 g/mol. The summed E-state index contributed by atoms with van der Waals surface area (Å²) in [7, 11) is 0. The maximum atomic E-state index is 12.7. The number of H-pyrrole nitrogens is 1. The Balaban J connectivity index is 1.65. The van der Waals surface area contributed by atoms with E-state index >= 15 is 0 Å². The van der Waals surface area contributed by atoms with Crippen molar-refractivity contribution in [2.75, 3.05) is 5.32 Å². The zero-order chi connectivity index (χ0) is 20.5. The Labute approximate surface area is 175 Å². The molecule has 0 atom stereocenters. The third kappa shape index (κ3) is 3.57. The van der Waals surface area contributed by atoms with Crippen molar-refractivity contribution in [3.63, 3.8) is 0 Å². The fraction of sp³-hybridized carbons (Fsp3) is 0.100. The van der Waals surface area contributed by atoms with E-state index in [4.69, 9.17) is 12.2 Å². The number of rotatable bonds is 5. The number of phenols is 1. The average Bonchev–Trinajstić information content (AvgIpc) is 3.23. The maximum Gasteiger partial charge on any atom is 0.261 e. The molecular weight excluding hydrogens is 406 g/mol. The number of aromatic hydroxyl groups is 1. The second-order valence-electron chi connectivity index (χ2n) is 6.36. The predicted octanol–water partition coefficient (Wildman–Crippen LogP) is 4.67. The summed E-state index contributed by atoms with van der Waals surface area (Å²) >= 11 is 6.55. The van der Waals surface area contributed by atoms with Crippen molar-refractivity contribution in [3.05, 3.63) is 65.1 Å². The summed E-state index contributed by atoms with van der Waals surface area (Å²) < 4.78 is 2.29. The van der Waals surface area contributed by atoms with E-state index in [9.17, 15) is 9.90 Å². The Morgan fingerprint density at radius 2 is 2.10 bits per heavy atom. The first kappa shape index (κ1) is 19.0. The molecule has 0 bridgehead atoms. The van der Waals surface area contributed by atoms with Crippen molar-refractivity contribution in [1.82, 2.24) is 19.7 Å². The molecule has 1 amide bonds. The molecule has 0 unspecified atom stereocenters. The van der Waals surface area contributed by atoms with E-state index < -0.39 is 5.91 Å². The molecule has 4 aromatic rings. The van der Waals surface area contributed by atoms with Crippen molar-refractivity contribution in [3.8, 4) is 16.5 Å². The highest BCUT2D eigenvalue weighted by Gasteiger charge is 2.19. The first-order valence-corrected chi connectivity index (χ1v) is 9.97. The molecule has 0 aliphatic carbocycles. The molecule has 0 saturated heterocycles. The third-order valence-electron chi connectivity index (χ3n) is 4.40. The minimum atomic E-state index is -0.432. The van der Waals surface area contributed by atoms with Crippen LogP contribution in [0.25, 0.3) is 21.5 Å². The van der Waals surface area contributed by atoms with Crippen LogP contribution in [0.4, 0.5) is 5.13 Å². The first-order chi connectivity index (χ1) is 14.0. The van der Waals surface area contributed by atoms with Crippen LogP contribution in [0.5, 0.6) is 5.75 Å². The number of fused-ring (bicyclic) bond motifs is 1. The lowest BCUT2D eigenvalue weighted by Crippen LogP contribution is -2.12. The first-order valence-electron chi connectivity index (χ1n) is 8.75. The van der Waals surface area contributed by atoms with Gasteiger partial charge in [0.25, 0.3) is 5.91 Å². The number of anilines is 1. The molecule has 3 N–H and O–H groups in total. The number of phenolic OH excluding ortho intramolecular Hbond substituents is 1. The number of nitrogens with zero attached hydrogens (tertiary/aromatic N) is 3. The molecule has 146 valence electrons. The summed E-state index contributed by atoms with van der Waals surface area (Å²) in [5, 5.41) is 22.2. The summed E-state index contributed by atoms with van der Waals surface area (Å²) in [5.74, 6) is 0.124. The van der Waals surface area contributed by atoms with E-state index in [1.807, 2.05) is 35.8 Å². The Bertz CT molecular complexity index is 1300. The molecular formula is C20H17N5O2S2. The minimum Gasteiger partial charge on any atom is -0.507 e. The number of amides is 1. The quantitative estimate of drug-likeness (QED) is 0.320. The van der Waals surface area contributed by atoms with Gasteiger partial charge in [-0.2, -0.15) is 5.10 Å². The van der Waals surface area contributed by atoms with Gasteiger partial charge in [0.1, 0.15) is 5.75 Å². The highest BCUT2D eigenvalue weighted by Crippen LogP contribution is 2.33. The van der Waals surface area contributed by atoms with Gasteiger partial charge in [-0.25, -0.2) is 4.98 Å². The van der Waals surface area contributed by atoms with Crippen LogP contribution in [0, 0.1) is 11.7 Å². The number of aryl methyl sites for hydroxylation is 1. The lowest BCUT2D eigenvalue weighted by Gasteiger charge is -2.06. The van der Waals surface area contributed by atoms with Gasteiger partial charge in [-0.15, -0.1) is 6.58 Å². The van der Waals surface area contributed by atoms with Crippen molar-refractivity contribution >= 4 is 45.4 Å². The predicted molar refractivity (Wildman–Crippen MR) is 117 cm³/mol. The van der Waals surface area contributed by atoms with Gasteiger partial charge in [0.15, 0.2) is 15.7 Å². The normalized spacial score (nSPS) is 10.9. The van der Waals surface area contributed by atoms with Gasteiger partial charge in [0.05, 0.1) is 16.1 Å². The van der Waals surface area contributed by atoms with Crippen molar-refractivity contribution < 1.29 is 9.90 Å². The summed E-state index contributed by atoms with van der Waals surface area (Å²) in [5.41, 5.74) is 0.903. The van der Waals surface area contributed by atoms with E-state index in [1.54, 1.807) is 18.2 Å². The number of carbonyl (C=O) groups excluding carboxylic acids is 1. The monoisotopic (exact) mass is 423 g/mol. The van der Waals surface area contributed by atoms with Gasteiger partial charge >= 0.3 is 0 Å². The molecule has 2 aromatic carbocycles. The molecule has 0 spiro atoms. The minimum absolute atomic E-state index is 0.0819. The lowest BCUT2D eigenvalue weighted by molar-refractivity contribution is 0.102. The third-order valence-corrected chi connectivity index (χ3v) is 5.78. The highest BCUT2D eigenvalue weighted by molar-refractivity contribution is 7.71. The molecule has 0 fully saturated rings. The van der Waals surface area contributed by atoms with Crippen LogP contribution < -0.4 is 5.32 Å². The van der Waals surface area contributed by atoms with E-state index in [0.29, 0.717) is 28.0 Å². The molecule has 0 aliphatic rings. The number of benzene rings is 2. The van der Waals surface area contributed by atoms with E-state index in [-0.39, 0.29) is 11.3 Å². The molecule has 9 heteroatoms. The number of thiazole rings is 1. The van der Waals surface area contributed by atoms with E-state index in [2.05, 4.69) is 27.1 Å². The van der Waals surface area contributed by atoms with Crippen molar-refractivity contribution in [2.24, 2.45) is 0 Å². The van der Waals surface area contributed by atoms with Crippen LogP contribution in [-0.4, -0.2) is 30.8 Å². The van der Waals surface area contributed by atoms with Gasteiger partial charge in [-0.3, -0.25) is 19.8 Å². The topological polar surface area (TPSA) is 95.8 Å². The Morgan fingerprint density at radius 3 is 2.83 bits per heavy atom. The number of aromatic amines is 1. The number of aromatic nitrogens is 4. The molecule has 0 saturated carbocycles. The fourth-order valence-corrected chi connectivity index (χ4v) is 4.19. The molecule has 2 aromatic heterocycles. The summed E-state index contributed by atoms with van der Waals surface area (Å²) in [6.07, 6.45) is 1.73. The smallest absolute Gasteiger partial charge is 0.261 e. The van der Waals surface area contributed by atoms with Crippen molar-refractivity contribution in [1.29, 1.82) is 0 Å². The van der Waals surface area contributed by atoms with Gasteiger partial charge in [0.2, 0.25) is 0 Å². The number of nitrogens with one attached hydrogen (secondary N) is 2. The SMILES string of the molecule is C=CCn1c(-c2sc(NC(=O)c3cc4ccccc4cc3O)nc2C)n[nH]c1=S. The lowest BCUT2D eigenvalue weighted by atomic mass is 10.1. The second kappa shape index (κ2) is 7.61. The van der Waals surface area contributed by atoms with Crippen LogP contribution in [0.15, 0.2) is 49.1 Å². The molecule has 0 radical (unpaired) electrons. The Kier molecular flexibility index (Phi) is 4.99. The van der Waals surface area contributed by atoms with Gasteiger partial charge in [-0.05, 0) is 42.0 Å². The summed E-state index contributed by atoms with van der Waals surface area (Å²) in [4.78, 5) is 18.0. The molecule has 2 heterocycles. The van der Waals surface area contributed by atoms with Crippen LogP contribution in [0.1, 0.15) is 16.1 Å². The summed E-state index contributed by atoms with van der Waals surface area (Å²) in [6, 6.07) is 10.8. The number of hydrogen-bond donors (Lipinski definition) is 3. The molecule has 29 heavy (non-hydrogen) atoms. The standard InChI is InChI=1S/C20H17N5O2S2/c1-3-8-25-17(23-24-20(25)28)16-11(2)21-19(29-16)22-18(27)14-9-12-6-4-5-7-13(12)10-15(14)26/h3-7,9-10,26H,1,8H2,2H3,(H,24,28)(H,21,22,27). The van der Waals surface area contributed by atoms with Gasteiger partial charge in [-0.1, -0.05) is 41.7 Å². The van der Waals surface area contributed by atoms with Crippen molar-refractivity contribution in [2.45, 2.75) is 13.5 Å². The van der Waals surface area contributed by atoms with E-state index in [1.165, 1.54) is 11.3 Å². The Morgan fingerprint density at radius 1 is 1.38 bits per heavy atom. The largest absolute Gasteiger partial charge is 0.507 e. The number of allylic oxidation sites excluding steroid dienone is 1. The van der Waals surface area contributed by atoms with Crippen LogP contribution in [0.3, 0.4) is 0 Å². The number of carbonyl (C=O) groups is 1.